The van der Waals surface area contributed by atoms with Crippen molar-refractivity contribution in [1.29, 1.82) is 0 Å². The Balaban J connectivity index is 1.63. The summed E-state index contributed by atoms with van der Waals surface area (Å²) in [5, 5.41) is 12.4. The molecule has 6 nitrogen and oxygen atoms in total. The lowest BCUT2D eigenvalue weighted by molar-refractivity contribution is -0.120. The first-order valence-electron chi connectivity index (χ1n) is 9.48. The molecule has 1 aromatic heterocycles. The minimum Gasteiger partial charge on any atom is -0.497 e. The zero-order chi connectivity index (χ0) is 19.4. The Bertz CT molecular complexity index is 775. The molecule has 3 unspecified atom stereocenters. The Morgan fingerprint density at radius 2 is 2.00 bits per heavy atom. The molecule has 0 aliphatic heterocycles. The predicted molar refractivity (Wildman–Crippen MR) is 107 cm³/mol. The van der Waals surface area contributed by atoms with Crippen LogP contribution in [0.2, 0.25) is 0 Å². The minimum absolute atomic E-state index is 0.0629. The van der Waals surface area contributed by atoms with Gasteiger partial charge in [-0.2, -0.15) is 0 Å². The minimum atomic E-state index is 0.0629. The zero-order valence-corrected chi connectivity index (χ0v) is 17.3. The number of thioether (sulfide) groups is 1. The molecule has 0 bridgehead atoms. The van der Waals surface area contributed by atoms with E-state index in [2.05, 4.69) is 29.4 Å². The first-order valence-corrected chi connectivity index (χ1v) is 10.5. The second-order valence-corrected chi connectivity index (χ2v) is 8.24. The highest BCUT2D eigenvalue weighted by molar-refractivity contribution is 7.99. The van der Waals surface area contributed by atoms with Gasteiger partial charge in [-0.25, -0.2) is 0 Å². The van der Waals surface area contributed by atoms with Crippen molar-refractivity contribution in [3.05, 3.63) is 30.1 Å². The van der Waals surface area contributed by atoms with E-state index in [1.54, 1.807) is 7.11 Å². The molecule has 3 rings (SSSR count). The molecule has 1 N–H and O–H groups in total. The van der Waals surface area contributed by atoms with Crippen molar-refractivity contribution in [2.24, 2.45) is 11.8 Å². The van der Waals surface area contributed by atoms with Crippen LogP contribution >= 0.6 is 11.8 Å². The molecule has 1 heterocycles. The highest BCUT2D eigenvalue weighted by Crippen LogP contribution is 2.30. The van der Waals surface area contributed by atoms with Gasteiger partial charge in [0.1, 0.15) is 11.6 Å². The Morgan fingerprint density at radius 3 is 2.70 bits per heavy atom. The van der Waals surface area contributed by atoms with Gasteiger partial charge in [-0.05, 0) is 49.4 Å². The maximum Gasteiger partial charge on any atom is 0.230 e. The molecule has 0 saturated heterocycles. The third-order valence-corrected chi connectivity index (χ3v) is 6.44. The molecule has 1 aliphatic carbocycles. The Labute approximate surface area is 165 Å². The molecule has 1 amide bonds. The number of methoxy groups -OCH3 is 1. The molecule has 2 aromatic rings. The van der Waals surface area contributed by atoms with E-state index in [0.29, 0.717) is 17.6 Å². The molecule has 0 spiro atoms. The maximum absolute atomic E-state index is 12.5. The number of hydrogen-bond acceptors (Lipinski definition) is 5. The molecule has 0 radical (unpaired) electrons. The van der Waals surface area contributed by atoms with Crippen LogP contribution in [0.5, 0.6) is 5.75 Å². The smallest absolute Gasteiger partial charge is 0.230 e. The number of carbonyl (C=O) groups is 1. The number of nitrogens with one attached hydrogen (secondary N) is 1. The third-order valence-electron chi connectivity index (χ3n) is 5.51. The van der Waals surface area contributed by atoms with Gasteiger partial charge in [0, 0.05) is 11.7 Å². The molecule has 7 heteroatoms. The average molecular weight is 389 g/mol. The fourth-order valence-corrected chi connectivity index (χ4v) is 4.44. The second kappa shape index (κ2) is 8.78. The predicted octanol–water partition coefficient (Wildman–Crippen LogP) is 3.62. The van der Waals surface area contributed by atoms with E-state index in [0.717, 1.165) is 28.8 Å². The van der Waals surface area contributed by atoms with E-state index in [1.807, 2.05) is 35.8 Å². The summed E-state index contributed by atoms with van der Waals surface area (Å²) < 4.78 is 7.18. The number of amides is 1. The SMILES string of the molecule is COc1ccc(-n2c(C)nnc2SCC(=O)NC2CCCC(C)C2C)cc1. The number of ether oxygens (including phenoxy) is 1. The molecule has 1 saturated carbocycles. The molecule has 1 aromatic carbocycles. The lowest BCUT2D eigenvalue weighted by atomic mass is 9.78. The van der Waals surface area contributed by atoms with Crippen molar-refractivity contribution >= 4 is 17.7 Å². The molecular weight excluding hydrogens is 360 g/mol. The summed E-state index contributed by atoms with van der Waals surface area (Å²) in [5.41, 5.74) is 0.955. The van der Waals surface area contributed by atoms with E-state index in [4.69, 9.17) is 4.74 Å². The van der Waals surface area contributed by atoms with Gasteiger partial charge in [-0.1, -0.05) is 38.5 Å². The van der Waals surface area contributed by atoms with Gasteiger partial charge in [-0.15, -0.1) is 10.2 Å². The van der Waals surface area contributed by atoms with Gasteiger partial charge in [0.25, 0.3) is 0 Å². The molecule has 146 valence electrons. The summed E-state index contributed by atoms with van der Waals surface area (Å²) in [6.45, 7) is 6.43. The summed E-state index contributed by atoms with van der Waals surface area (Å²) in [5.74, 6) is 3.18. The fraction of sp³-hybridized carbons (Fsp3) is 0.550. The summed E-state index contributed by atoms with van der Waals surface area (Å²) in [6, 6.07) is 8.01. The maximum atomic E-state index is 12.5. The van der Waals surface area contributed by atoms with Crippen LogP contribution in [0.3, 0.4) is 0 Å². The summed E-state index contributed by atoms with van der Waals surface area (Å²) in [4.78, 5) is 12.5. The van der Waals surface area contributed by atoms with Crippen molar-refractivity contribution in [1.82, 2.24) is 20.1 Å². The summed E-state index contributed by atoms with van der Waals surface area (Å²) in [7, 11) is 1.65. The number of rotatable bonds is 6. The lowest BCUT2D eigenvalue weighted by Crippen LogP contribution is -2.44. The van der Waals surface area contributed by atoms with Gasteiger partial charge in [0.05, 0.1) is 12.9 Å². The topological polar surface area (TPSA) is 69.0 Å². The third kappa shape index (κ3) is 4.64. The first-order chi connectivity index (χ1) is 13.0. The van der Waals surface area contributed by atoms with E-state index in [9.17, 15) is 4.79 Å². The van der Waals surface area contributed by atoms with Crippen LogP contribution in [0.25, 0.3) is 5.69 Å². The van der Waals surface area contributed by atoms with Gasteiger partial charge in [-0.3, -0.25) is 9.36 Å². The van der Waals surface area contributed by atoms with Gasteiger partial charge < -0.3 is 10.1 Å². The van der Waals surface area contributed by atoms with Crippen LogP contribution in [-0.2, 0) is 4.79 Å². The lowest BCUT2D eigenvalue weighted by Gasteiger charge is -2.34. The summed E-state index contributed by atoms with van der Waals surface area (Å²) >= 11 is 1.42. The van der Waals surface area contributed by atoms with Crippen LogP contribution in [-0.4, -0.2) is 39.6 Å². The highest BCUT2D eigenvalue weighted by atomic mass is 32.2. The Kier molecular flexibility index (Phi) is 6.42. The first kappa shape index (κ1) is 19.7. The fourth-order valence-electron chi connectivity index (χ4n) is 3.63. The van der Waals surface area contributed by atoms with Crippen LogP contribution in [0.15, 0.2) is 29.4 Å². The number of aryl methyl sites for hydroxylation is 1. The number of carbonyl (C=O) groups excluding carboxylic acids is 1. The number of hydrogen-bond donors (Lipinski definition) is 1. The largest absolute Gasteiger partial charge is 0.497 e. The molecule has 27 heavy (non-hydrogen) atoms. The summed E-state index contributed by atoms with van der Waals surface area (Å²) in [6.07, 6.45) is 3.52. The van der Waals surface area contributed by atoms with Crippen LogP contribution in [0.4, 0.5) is 0 Å². The number of aromatic nitrogens is 3. The highest BCUT2D eigenvalue weighted by Gasteiger charge is 2.28. The van der Waals surface area contributed by atoms with Crippen molar-refractivity contribution < 1.29 is 9.53 Å². The van der Waals surface area contributed by atoms with E-state index < -0.39 is 0 Å². The second-order valence-electron chi connectivity index (χ2n) is 7.29. The van der Waals surface area contributed by atoms with Gasteiger partial charge in [0.2, 0.25) is 5.91 Å². The van der Waals surface area contributed by atoms with E-state index in [1.165, 1.54) is 24.6 Å². The normalized spacial score (nSPS) is 22.4. The van der Waals surface area contributed by atoms with Crippen molar-refractivity contribution in [3.8, 4) is 11.4 Å². The molecule has 3 atom stereocenters. The van der Waals surface area contributed by atoms with Crippen molar-refractivity contribution in [2.75, 3.05) is 12.9 Å². The Hall–Kier alpha value is -2.02. The van der Waals surface area contributed by atoms with Crippen molar-refractivity contribution in [2.45, 2.75) is 51.2 Å². The number of nitrogens with zero attached hydrogens (tertiary/aromatic N) is 3. The van der Waals surface area contributed by atoms with E-state index in [-0.39, 0.29) is 11.9 Å². The van der Waals surface area contributed by atoms with Gasteiger partial charge in [0.15, 0.2) is 5.16 Å². The van der Waals surface area contributed by atoms with E-state index >= 15 is 0 Å². The number of benzene rings is 1. The average Bonchev–Trinajstić information content (AvgIpc) is 3.04. The molecule has 1 aliphatic rings. The molecular formula is C20H28N4O2S. The quantitative estimate of drug-likeness (QED) is 0.766. The molecule has 1 fully saturated rings. The van der Waals surface area contributed by atoms with Crippen LogP contribution < -0.4 is 10.1 Å². The van der Waals surface area contributed by atoms with Crippen molar-refractivity contribution in [3.63, 3.8) is 0 Å². The monoisotopic (exact) mass is 388 g/mol. The zero-order valence-electron chi connectivity index (χ0n) is 16.4. The standard InChI is InChI=1S/C20H28N4O2S/c1-13-6-5-7-18(14(13)2)21-19(25)12-27-20-23-22-15(3)24(20)16-8-10-17(26-4)11-9-16/h8-11,13-14,18H,5-7,12H2,1-4H3,(H,21,25). The van der Waals surface area contributed by atoms with Gasteiger partial charge >= 0.3 is 0 Å². The Morgan fingerprint density at radius 1 is 1.26 bits per heavy atom. The van der Waals surface area contributed by atoms with Crippen LogP contribution in [0, 0.1) is 18.8 Å². The van der Waals surface area contributed by atoms with Crippen LogP contribution in [0.1, 0.15) is 38.9 Å².